The van der Waals surface area contributed by atoms with Crippen molar-refractivity contribution in [3.8, 4) is 6.07 Å². The number of rotatable bonds is 5. The first kappa shape index (κ1) is 17.3. The van der Waals surface area contributed by atoms with Gasteiger partial charge in [-0.15, -0.1) is 0 Å². The summed E-state index contributed by atoms with van der Waals surface area (Å²) in [5, 5.41) is 12.1. The van der Waals surface area contributed by atoms with Crippen LogP contribution in [0.2, 0.25) is 0 Å². The number of benzene rings is 1. The van der Waals surface area contributed by atoms with Gasteiger partial charge in [-0.3, -0.25) is 0 Å². The molecule has 0 spiro atoms. The number of nitrogens with one attached hydrogen (secondary N) is 1. The zero-order chi connectivity index (χ0) is 18.8. The maximum absolute atomic E-state index is 13.5. The molecule has 138 valence electrons. The molecule has 1 aliphatic rings. The average Bonchev–Trinajstić information content (AvgIpc) is 3.28. The van der Waals surface area contributed by atoms with Gasteiger partial charge >= 0.3 is 0 Å². The van der Waals surface area contributed by atoms with Crippen molar-refractivity contribution in [2.24, 2.45) is 0 Å². The summed E-state index contributed by atoms with van der Waals surface area (Å²) in [6, 6.07) is 5.00. The lowest BCUT2D eigenvalue weighted by Crippen LogP contribution is -2.24. The Bertz CT molecular complexity index is 998. The monoisotopic (exact) mass is 369 g/mol. The van der Waals surface area contributed by atoms with Crippen LogP contribution in [0.1, 0.15) is 18.7 Å². The van der Waals surface area contributed by atoms with Gasteiger partial charge in [-0.2, -0.15) is 15.2 Å². The fraction of sp³-hybridized carbons (Fsp3) is 0.333. The van der Waals surface area contributed by atoms with E-state index in [2.05, 4.69) is 25.2 Å². The summed E-state index contributed by atoms with van der Waals surface area (Å²) in [7, 11) is 0. The predicted octanol–water partition coefficient (Wildman–Crippen LogP) is 2.82. The van der Waals surface area contributed by atoms with Crippen molar-refractivity contribution >= 4 is 22.7 Å². The van der Waals surface area contributed by atoms with Crippen LogP contribution in [0.5, 0.6) is 0 Å². The number of aromatic nitrogens is 4. The highest BCUT2D eigenvalue weighted by molar-refractivity contribution is 5.85. The molecule has 0 bridgehead atoms. The first-order chi connectivity index (χ1) is 13.1. The molecule has 7 nitrogen and oxygen atoms in total. The molecule has 9 heteroatoms. The van der Waals surface area contributed by atoms with Crippen LogP contribution in [-0.4, -0.2) is 44.1 Å². The fourth-order valence-electron chi connectivity index (χ4n) is 3.26. The number of hydrogen-bond donors (Lipinski definition) is 1. The molecule has 2 aromatic heterocycles. The van der Waals surface area contributed by atoms with Gasteiger partial charge in [-0.1, -0.05) is 0 Å². The molecular weight excluding hydrogens is 352 g/mol. The van der Waals surface area contributed by atoms with Crippen LogP contribution in [0.25, 0.3) is 11.2 Å². The summed E-state index contributed by atoms with van der Waals surface area (Å²) >= 11 is 0. The van der Waals surface area contributed by atoms with Gasteiger partial charge < -0.3 is 14.8 Å². The number of imidazole rings is 1. The SMILES string of the molecule is N#Cc1nc(Nc2cc(F)cc(F)c2)c2ncn(CCN3CCCC3)c2n1. The molecule has 1 fully saturated rings. The molecule has 3 aromatic rings. The minimum absolute atomic E-state index is 0.0372. The number of anilines is 2. The Labute approximate surface area is 154 Å². The molecule has 3 heterocycles. The van der Waals surface area contributed by atoms with E-state index >= 15 is 0 Å². The first-order valence-electron chi connectivity index (χ1n) is 8.71. The van der Waals surface area contributed by atoms with E-state index in [1.165, 1.54) is 12.8 Å². The fourth-order valence-corrected chi connectivity index (χ4v) is 3.26. The van der Waals surface area contributed by atoms with Gasteiger partial charge in [0.25, 0.3) is 0 Å². The Morgan fingerprint density at radius 2 is 1.81 bits per heavy atom. The molecule has 0 saturated carbocycles. The highest BCUT2D eigenvalue weighted by Gasteiger charge is 2.16. The number of fused-ring (bicyclic) bond motifs is 1. The highest BCUT2D eigenvalue weighted by atomic mass is 19.1. The second-order valence-corrected chi connectivity index (χ2v) is 6.45. The van der Waals surface area contributed by atoms with Crippen LogP contribution in [0.4, 0.5) is 20.3 Å². The van der Waals surface area contributed by atoms with Crippen molar-refractivity contribution in [1.82, 2.24) is 24.4 Å². The van der Waals surface area contributed by atoms with E-state index in [-0.39, 0.29) is 17.3 Å². The lowest BCUT2D eigenvalue weighted by Gasteiger charge is -2.14. The normalized spacial score (nSPS) is 14.6. The van der Waals surface area contributed by atoms with Crippen molar-refractivity contribution in [2.45, 2.75) is 19.4 Å². The Morgan fingerprint density at radius 3 is 2.52 bits per heavy atom. The van der Waals surface area contributed by atoms with Gasteiger partial charge in [0, 0.05) is 24.8 Å². The summed E-state index contributed by atoms with van der Waals surface area (Å²) in [6.07, 6.45) is 4.07. The quantitative estimate of drug-likeness (QED) is 0.745. The Morgan fingerprint density at radius 1 is 1.07 bits per heavy atom. The van der Waals surface area contributed by atoms with Crippen LogP contribution in [0.3, 0.4) is 0 Å². The minimum Gasteiger partial charge on any atom is -0.338 e. The largest absolute Gasteiger partial charge is 0.338 e. The number of nitrogens with zero attached hydrogens (tertiary/aromatic N) is 6. The standard InChI is InChI=1S/C18H17F2N7/c19-12-7-13(20)9-14(8-12)23-17-16-18(25-15(10-21)24-17)27(11-22-16)6-5-26-3-1-2-4-26/h7-9,11H,1-6H2,(H,23,24,25). The number of nitriles is 1. The van der Waals surface area contributed by atoms with Crippen molar-refractivity contribution in [2.75, 3.05) is 25.0 Å². The molecule has 0 unspecified atom stereocenters. The lowest BCUT2D eigenvalue weighted by molar-refractivity contribution is 0.324. The van der Waals surface area contributed by atoms with Gasteiger partial charge in [0.15, 0.2) is 17.0 Å². The number of halogens is 2. The molecule has 1 aliphatic heterocycles. The number of hydrogen-bond acceptors (Lipinski definition) is 6. The number of likely N-dealkylation sites (tertiary alicyclic amines) is 1. The molecule has 1 N–H and O–H groups in total. The Kier molecular flexibility index (Phi) is 4.64. The van der Waals surface area contributed by atoms with E-state index in [0.717, 1.165) is 37.8 Å². The van der Waals surface area contributed by atoms with Gasteiger partial charge in [0.2, 0.25) is 5.82 Å². The molecule has 0 amide bonds. The molecule has 0 radical (unpaired) electrons. The third-order valence-corrected chi connectivity index (χ3v) is 4.54. The van der Waals surface area contributed by atoms with Gasteiger partial charge in [0.05, 0.1) is 6.33 Å². The third-order valence-electron chi connectivity index (χ3n) is 4.54. The molecule has 0 aliphatic carbocycles. The summed E-state index contributed by atoms with van der Waals surface area (Å²) in [5.41, 5.74) is 1.14. The highest BCUT2D eigenvalue weighted by Crippen LogP contribution is 2.24. The Balaban J connectivity index is 1.66. The van der Waals surface area contributed by atoms with Crippen molar-refractivity contribution in [3.63, 3.8) is 0 Å². The molecular formula is C18H17F2N7. The smallest absolute Gasteiger partial charge is 0.236 e. The zero-order valence-corrected chi connectivity index (χ0v) is 14.5. The van der Waals surface area contributed by atoms with Crippen molar-refractivity contribution < 1.29 is 8.78 Å². The van der Waals surface area contributed by atoms with E-state index in [0.29, 0.717) is 17.7 Å². The third kappa shape index (κ3) is 3.71. The second-order valence-electron chi connectivity index (χ2n) is 6.45. The van der Waals surface area contributed by atoms with Gasteiger partial charge in [-0.25, -0.2) is 13.8 Å². The van der Waals surface area contributed by atoms with Crippen LogP contribution < -0.4 is 5.32 Å². The predicted molar refractivity (Wildman–Crippen MR) is 95.4 cm³/mol. The Hall–Kier alpha value is -3.12. The minimum atomic E-state index is -0.709. The topological polar surface area (TPSA) is 82.7 Å². The maximum atomic E-state index is 13.5. The lowest BCUT2D eigenvalue weighted by atomic mass is 10.3. The summed E-state index contributed by atoms with van der Waals surface area (Å²) in [5.74, 6) is -1.22. The second kappa shape index (κ2) is 7.25. The van der Waals surface area contributed by atoms with Crippen LogP contribution in [0.15, 0.2) is 24.5 Å². The van der Waals surface area contributed by atoms with Gasteiger partial charge in [-0.05, 0) is 38.1 Å². The van der Waals surface area contributed by atoms with E-state index in [1.54, 1.807) is 6.33 Å². The van der Waals surface area contributed by atoms with E-state index in [9.17, 15) is 14.0 Å². The summed E-state index contributed by atoms with van der Waals surface area (Å²) < 4.78 is 28.8. The molecule has 4 rings (SSSR count). The van der Waals surface area contributed by atoms with Crippen LogP contribution in [-0.2, 0) is 6.54 Å². The molecule has 0 atom stereocenters. The first-order valence-corrected chi connectivity index (χ1v) is 8.71. The van der Waals surface area contributed by atoms with E-state index < -0.39 is 11.6 Å². The van der Waals surface area contributed by atoms with E-state index in [1.807, 2.05) is 10.6 Å². The van der Waals surface area contributed by atoms with E-state index in [4.69, 9.17) is 0 Å². The average molecular weight is 369 g/mol. The van der Waals surface area contributed by atoms with Crippen molar-refractivity contribution in [1.29, 1.82) is 5.26 Å². The summed E-state index contributed by atoms with van der Waals surface area (Å²) in [6.45, 7) is 3.73. The zero-order valence-electron chi connectivity index (χ0n) is 14.5. The molecule has 1 saturated heterocycles. The van der Waals surface area contributed by atoms with Crippen LogP contribution in [0, 0.1) is 23.0 Å². The maximum Gasteiger partial charge on any atom is 0.236 e. The summed E-state index contributed by atoms with van der Waals surface area (Å²) in [4.78, 5) is 15.1. The van der Waals surface area contributed by atoms with Crippen molar-refractivity contribution in [3.05, 3.63) is 42.0 Å². The van der Waals surface area contributed by atoms with Crippen LogP contribution >= 0.6 is 0 Å². The molecule has 27 heavy (non-hydrogen) atoms. The van der Waals surface area contributed by atoms with Gasteiger partial charge in [0.1, 0.15) is 17.7 Å². The molecule has 1 aromatic carbocycles.